The highest BCUT2D eigenvalue weighted by Crippen LogP contribution is 2.29. The molecule has 0 aromatic rings. The molecule has 0 aliphatic rings. The van der Waals surface area contributed by atoms with E-state index in [9.17, 15) is 14.9 Å². The topological polar surface area (TPSA) is 82.0 Å². The van der Waals surface area contributed by atoms with Crippen LogP contribution in [0.2, 0.25) is 0 Å². The lowest BCUT2D eigenvalue weighted by atomic mass is 9.80. The van der Waals surface area contributed by atoms with Gasteiger partial charge < -0.3 is 10.6 Å². The molecule has 96 valence electrons. The van der Waals surface area contributed by atoms with Crippen LogP contribution >= 0.6 is 0 Å². The minimum Gasteiger partial charge on any atom is -0.358 e. The Balaban J connectivity index is 4.63. The van der Waals surface area contributed by atoms with E-state index in [0.29, 0.717) is 12.8 Å². The van der Waals surface area contributed by atoms with Crippen molar-refractivity contribution in [2.45, 2.75) is 39.5 Å². The minimum atomic E-state index is -0.989. The van der Waals surface area contributed by atoms with Crippen LogP contribution in [-0.4, -0.2) is 25.4 Å². The maximum absolute atomic E-state index is 12.0. The van der Waals surface area contributed by atoms with Gasteiger partial charge in [0.05, 0.1) is 12.6 Å². The van der Waals surface area contributed by atoms with Crippen molar-refractivity contribution in [3.63, 3.8) is 0 Å². The van der Waals surface area contributed by atoms with Gasteiger partial charge >= 0.3 is 0 Å². The van der Waals surface area contributed by atoms with Crippen molar-refractivity contribution in [2.24, 2.45) is 5.41 Å². The molecule has 0 heterocycles. The number of nitriles is 1. The van der Waals surface area contributed by atoms with Gasteiger partial charge in [-0.15, -0.1) is 0 Å². The molecule has 0 aliphatic heterocycles. The largest absolute Gasteiger partial charge is 0.358 e. The molecule has 0 saturated heterocycles. The molecule has 0 spiro atoms. The number of hydrogen-bond donors (Lipinski definition) is 2. The molecule has 0 unspecified atom stereocenters. The lowest BCUT2D eigenvalue weighted by Crippen LogP contribution is -2.44. The number of carbonyl (C=O) groups is 2. The third kappa shape index (κ3) is 4.43. The summed E-state index contributed by atoms with van der Waals surface area (Å²) >= 11 is 0. The summed E-state index contributed by atoms with van der Waals surface area (Å²) in [6, 6.07) is 2.12. The molecule has 17 heavy (non-hydrogen) atoms. The van der Waals surface area contributed by atoms with E-state index in [0.717, 1.165) is 12.8 Å². The number of nitrogens with zero attached hydrogens (tertiary/aromatic N) is 1. The molecule has 2 amide bonds. The average Bonchev–Trinajstić information content (AvgIpc) is 2.34. The fourth-order valence-electron chi connectivity index (χ4n) is 1.79. The van der Waals surface area contributed by atoms with Crippen LogP contribution in [0.3, 0.4) is 0 Å². The van der Waals surface area contributed by atoms with Crippen molar-refractivity contribution < 1.29 is 9.59 Å². The summed E-state index contributed by atoms with van der Waals surface area (Å²) < 4.78 is 0. The van der Waals surface area contributed by atoms with Gasteiger partial charge in [-0.2, -0.15) is 5.26 Å². The third-order valence-corrected chi connectivity index (χ3v) is 2.69. The zero-order valence-electron chi connectivity index (χ0n) is 10.8. The molecule has 0 aromatic carbocycles. The lowest BCUT2D eigenvalue weighted by Gasteiger charge is -2.24. The first-order chi connectivity index (χ1) is 8.06. The Morgan fingerprint density at radius 2 is 1.76 bits per heavy atom. The average molecular weight is 239 g/mol. The van der Waals surface area contributed by atoms with Crippen LogP contribution in [0.1, 0.15) is 39.5 Å². The molecular weight excluding hydrogens is 218 g/mol. The van der Waals surface area contributed by atoms with E-state index in [2.05, 4.69) is 16.7 Å². The first-order valence-electron chi connectivity index (χ1n) is 5.96. The van der Waals surface area contributed by atoms with Crippen LogP contribution < -0.4 is 10.6 Å². The standard InChI is InChI=1S/C12H21N3O2/c1-4-6-12(9-13,7-5-2)11(17)15-8-10(16)14-3/h4-8H2,1-3H3,(H,14,16)(H,15,17). The maximum Gasteiger partial charge on any atom is 0.240 e. The van der Waals surface area contributed by atoms with E-state index in [1.807, 2.05) is 13.8 Å². The van der Waals surface area contributed by atoms with Crippen molar-refractivity contribution in [1.82, 2.24) is 10.6 Å². The van der Waals surface area contributed by atoms with Crippen LogP contribution in [0.4, 0.5) is 0 Å². The zero-order chi connectivity index (χ0) is 13.3. The molecule has 2 N–H and O–H groups in total. The van der Waals surface area contributed by atoms with Crippen molar-refractivity contribution in [1.29, 1.82) is 5.26 Å². The van der Waals surface area contributed by atoms with Crippen LogP contribution in [0, 0.1) is 16.7 Å². The lowest BCUT2D eigenvalue weighted by molar-refractivity contribution is -0.131. The number of hydrogen-bond acceptors (Lipinski definition) is 3. The molecular formula is C12H21N3O2. The Hall–Kier alpha value is -1.57. The number of carbonyl (C=O) groups excluding carboxylic acids is 2. The Bertz CT molecular complexity index is 301. The number of rotatable bonds is 7. The summed E-state index contributed by atoms with van der Waals surface area (Å²) in [4.78, 5) is 23.0. The highest BCUT2D eigenvalue weighted by molar-refractivity contribution is 5.89. The number of likely N-dealkylation sites (N-methyl/N-ethyl adjacent to an activating group) is 1. The minimum absolute atomic E-state index is 0.0772. The van der Waals surface area contributed by atoms with Crippen LogP contribution in [-0.2, 0) is 9.59 Å². The highest BCUT2D eigenvalue weighted by atomic mass is 16.2. The van der Waals surface area contributed by atoms with Crippen molar-refractivity contribution in [2.75, 3.05) is 13.6 Å². The molecule has 5 heteroatoms. The van der Waals surface area contributed by atoms with Crippen molar-refractivity contribution in [3.8, 4) is 6.07 Å². The second kappa shape index (κ2) is 7.66. The summed E-state index contributed by atoms with van der Waals surface area (Å²) in [5, 5.41) is 14.2. The van der Waals surface area contributed by atoms with Gasteiger partial charge in [0.2, 0.25) is 11.8 Å². The molecule has 0 fully saturated rings. The van der Waals surface area contributed by atoms with Crippen LogP contribution in [0.5, 0.6) is 0 Å². The fourth-order valence-corrected chi connectivity index (χ4v) is 1.79. The predicted molar refractivity (Wildman–Crippen MR) is 64.9 cm³/mol. The van der Waals surface area contributed by atoms with E-state index in [4.69, 9.17) is 0 Å². The van der Waals surface area contributed by atoms with Crippen molar-refractivity contribution in [3.05, 3.63) is 0 Å². The van der Waals surface area contributed by atoms with Gasteiger partial charge in [0, 0.05) is 7.05 Å². The second-order valence-electron chi connectivity index (χ2n) is 4.05. The van der Waals surface area contributed by atoms with E-state index in [-0.39, 0.29) is 18.4 Å². The summed E-state index contributed by atoms with van der Waals surface area (Å²) in [7, 11) is 1.50. The van der Waals surface area contributed by atoms with Gasteiger partial charge in [-0.1, -0.05) is 26.7 Å². The predicted octanol–water partition coefficient (Wildman–Crippen LogP) is 0.959. The van der Waals surface area contributed by atoms with Crippen LogP contribution in [0.25, 0.3) is 0 Å². The number of amides is 2. The van der Waals surface area contributed by atoms with E-state index >= 15 is 0 Å². The Morgan fingerprint density at radius 3 is 2.12 bits per heavy atom. The van der Waals surface area contributed by atoms with Gasteiger partial charge in [0.15, 0.2) is 0 Å². The van der Waals surface area contributed by atoms with Crippen LogP contribution in [0.15, 0.2) is 0 Å². The molecule has 0 aromatic heterocycles. The van der Waals surface area contributed by atoms with E-state index in [1.165, 1.54) is 7.05 Å². The molecule has 0 aliphatic carbocycles. The monoisotopic (exact) mass is 239 g/mol. The highest BCUT2D eigenvalue weighted by Gasteiger charge is 2.36. The van der Waals surface area contributed by atoms with Crippen molar-refractivity contribution >= 4 is 11.8 Å². The Labute approximate surface area is 103 Å². The summed E-state index contributed by atoms with van der Waals surface area (Å²) in [6.45, 7) is 3.80. The zero-order valence-corrected chi connectivity index (χ0v) is 10.8. The molecule has 0 rings (SSSR count). The molecule has 0 radical (unpaired) electrons. The second-order valence-corrected chi connectivity index (χ2v) is 4.05. The fraction of sp³-hybridized carbons (Fsp3) is 0.750. The van der Waals surface area contributed by atoms with Gasteiger partial charge in [0.1, 0.15) is 5.41 Å². The first kappa shape index (κ1) is 15.4. The normalized spacial score (nSPS) is 10.5. The molecule has 0 atom stereocenters. The molecule has 0 saturated carbocycles. The number of nitrogens with one attached hydrogen (secondary N) is 2. The smallest absolute Gasteiger partial charge is 0.240 e. The van der Waals surface area contributed by atoms with E-state index in [1.54, 1.807) is 0 Å². The Kier molecular flexibility index (Phi) is 6.95. The SMILES string of the molecule is CCCC(C#N)(CCC)C(=O)NCC(=O)NC. The molecule has 0 bridgehead atoms. The maximum atomic E-state index is 12.0. The third-order valence-electron chi connectivity index (χ3n) is 2.69. The van der Waals surface area contributed by atoms with Gasteiger partial charge in [-0.3, -0.25) is 9.59 Å². The molecule has 5 nitrogen and oxygen atoms in total. The first-order valence-corrected chi connectivity index (χ1v) is 5.96. The van der Waals surface area contributed by atoms with Gasteiger partial charge in [-0.05, 0) is 12.8 Å². The quantitative estimate of drug-likeness (QED) is 0.694. The van der Waals surface area contributed by atoms with E-state index < -0.39 is 5.41 Å². The summed E-state index contributed by atoms with van der Waals surface area (Å²) in [6.07, 6.45) is 2.58. The Morgan fingerprint density at radius 1 is 1.24 bits per heavy atom. The van der Waals surface area contributed by atoms with Gasteiger partial charge in [0.25, 0.3) is 0 Å². The summed E-state index contributed by atoms with van der Waals surface area (Å²) in [5.41, 5.74) is -0.989. The summed E-state index contributed by atoms with van der Waals surface area (Å²) in [5.74, 6) is -0.606. The van der Waals surface area contributed by atoms with Gasteiger partial charge in [-0.25, -0.2) is 0 Å².